The minimum atomic E-state index is -0.387. The van der Waals surface area contributed by atoms with E-state index in [1.807, 2.05) is 23.1 Å². The summed E-state index contributed by atoms with van der Waals surface area (Å²) in [5, 5.41) is 0. The first-order valence-electron chi connectivity index (χ1n) is 13.4. The number of nitrogens with zero attached hydrogens (tertiary/aromatic N) is 3. The monoisotopic (exact) mass is 505 g/mol. The highest BCUT2D eigenvalue weighted by Gasteiger charge is 2.25. The second-order valence-corrected chi connectivity index (χ2v) is 9.77. The molecule has 3 aromatic rings. The molecule has 1 aromatic heterocycles. The van der Waals surface area contributed by atoms with E-state index in [1.54, 1.807) is 4.90 Å². The number of halogens is 1. The summed E-state index contributed by atoms with van der Waals surface area (Å²) in [6.07, 6.45) is 5.67. The second kappa shape index (κ2) is 13.8. The van der Waals surface area contributed by atoms with Crippen LogP contribution in [-0.4, -0.2) is 45.3 Å². The first kappa shape index (κ1) is 28.2. The van der Waals surface area contributed by atoms with Crippen LogP contribution in [-0.2, 0) is 17.9 Å². The van der Waals surface area contributed by atoms with Gasteiger partial charge in [-0.2, -0.15) is 0 Å². The van der Waals surface area contributed by atoms with Crippen molar-refractivity contribution in [2.75, 3.05) is 13.1 Å². The van der Waals surface area contributed by atoms with Gasteiger partial charge in [0.25, 0.3) is 5.91 Å². The lowest BCUT2D eigenvalue weighted by Gasteiger charge is -2.32. The lowest BCUT2D eigenvalue weighted by molar-refractivity contribution is -0.134. The Hall–Kier alpha value is -3.41. The number of aryl methyl sites for hydroxylation is 1. The number of aromatic nitrogens is 1. The van der Waals surface area contributed by atoms with Crippen molar-refractivity contribution in [2.24, 2.45) is 0 Å². The zero-order valence-corrected chi connectivity index (χ0v) is 22.6. The van der Waals surface area contributed by atoms with Crippen LogP contribution in [0.4, 0.5) is 4.39 Å². The smallest absolute Gasteiger partial charge is 0.254 e. The van der Waals surface area contributed by atoms with E-state index >= 15 is 0 Å². The number of rotatable bonds is 13. The summed E-state index contributed by atoms with van der Waals surface area (Å²) in [6.45, 7) is 10.0. The highest BCUT2D eigenvalue weighted by atomic mass is 19.1. The fourth-order valence-electron chi connectivity index (χ4n) is 4.44. The molecule has 1 unspecified atom stereocenters. The van der Waals surface area contributed by atoms with Crippen molar-refractivity contribution < 1.29 is 14.0 Å². The average molecular weight is 506 g/mol. The third-order valence-electron chi connectivity index (χ3n) is 7.04. The van der Waals surface area contributed by atoms with E-state index in [9.17, 15) is 14.0 Å². The van der Waals surface area contributed by atoms with Crippen LogP contribution >= 0.6 is 0 Å². The van der Waals surface area contributed by atoms with Crippen molar-refractivity contribution in [2.45, 2.75) is 72.5 Å². The molecule has 1 heterocycles. The van der Waals surface area contributed by atoms with Gasteiger partial charge in [0.05, 0.1) is 6.54 Å². The molecule has 0 saturated heterocycles. The highest BCUT2D eigenvalue weighted by molar-refractivity contribution is 5.96. The molecule has 198 valence electrons. The fraction of sp³-hybridized carbons (Fsp3) is 0.419. The minimum Gasteiger partial charge on any atom is -0.345 e. The van der Waals surface area contributed by atoms with Gasteiger partial charge in [-0.15, -0.1) is 0 Å². The van der Waals surface area contributed by atoms with Gasteiger partial charge >= 0.3 is 0 Å². The fourth-order valence-corrected chi connectivity index (χ4v) is 4.44. The topological polar surface area (TPSA) is 45.6 Å². The van der Waals surface area contributed by atoms with Crippen LogP contribution in [0.3, 0.4) is 0 Å². The SMILES string of the molecule is CCCCCN(CC(=O)N(Cc1cccn1Cc1ccccc1C)C(C)CC)C(=O)c1ccc(F)cc1. The normalized spacial score (nSPS) is 11.8. The number of carbonyl (C=O) groups excluding carboxylic acids is 2. The summed E-state index contributed by atoms with van der Waals surface area (Å²) < 4.78 is 15.6. The predicted molar refractivity (Wildman–Crippen MR) is 147 cm³/mol. The largest absolute Gasteiger partial charge is 0.345 e. The van der Waals surface area contributed by atoms with E-state index in [2.05, 4.69) is 56.7 Å². The number of carbonyl (C=O) groups is 2. The van der Waals surface area contributed by atoms with Crippen molar-refractivity contribution >= 4 is 11.8 Å². The van der Waals surface area contributed by atoms with Crippen molar-refractivity contribution in [1.82, 2.24) is 14.4 Å². The third kappa shape index (κ3) is 7.78. The Morgan fingerprint density at radius 2 is 1.70 bits per heavy atom. The van der Waals surface area contributed by atoms with E-state index < -0.39 is 0 Å². The van der Waals surface area contributed by atoms with E-state index in [-0.39, 0.29) is 30.2 Å². The third-order valence-corrected chi connectivity index (χ3v) is 7.04. The van der Waals surface area contributed by atoms with Crippen LogP contribution in [0.15, 0.2) is 66.9 Å². The van der Waals surface area contributed by atoms with Gasteiger partial charge in [0.1, 0.15) is 12.4 Å². The van der Waals surface area contributed by atoms with Crippen LogP contribution < -0.4 is 0 Å². The number of hydrogen-bond donors (Lipinski definition) is 0. The van der Waals surface area contributed by atoms with E-state index in [0.29, 0.717) is 18.7 Å². The molecule has 2 amide bonds. The molecule has 0 aliphatic carbocycles. The van der Waals surface area contributed by atoms with Gasteiger partial charge in [0.15, 0.2) is 0 Å². The van der Waals surface area contributed by atoms with Crippen LogP contribution in [0.1, 0.15) is 73.6 Å². The van der Waals surface area contributed by atoms with Gasteiger partial charge < -0.3 is 14.4 Å². The summed E-state index contributed by atoms with van der Waals surface area (Å²) in [6, 6.07) is 18.0. The number of hydrogen-bond acceptors (Lipinski definition) is 2. The minimum absolute atomic E-state index is 0.00274. The molecule has 3 rings (SSSR count). The Kier molecular flexibility index (Phi) is 10.5. The highest BCUT2D eigenvalue weighted by Crippen LogP contribution is 2.17. The molecular weight excluding hydrogens is 465 g/mol. The maximum Gasteiger partial charge on any atom is 0.254 e. The summed E-state index contributed by atoms with van der Waals surface area (Å²) in [5.41, 5.74) is 3.93. The summed E-state index contributed by atoms with van der Waals surface area (Å²) in [5.74, 6) is -0.705. The molecule has 6 heteroatoms. The lowest BCUT2D eigenvalue weighted by Crippen LogP contribution is -2.46. The Bertz CT molecular complexity index is 1160. The molecule has 0 radical (unpaired) electrons. The first-order valence-corrected chi connectivity index (χ1v) is 13.4. The van der Waals surface area contributed by atoms with Crippen molar-refractivity contribution in [3.8, 4) is 0 Å². The zero-order valence-electron chi connectivity index (χ0n) is 22.6. The van der Waals surface area contributed by atoms with E-state index in [1.165, 1.54) is 35.4 Å². The molecular formula is C31H40FN3O2. The van der Waals surface area contributed by atoms with E-state index in [4.69, 9.17) is 0 Å². The first-order chi connectivity index (χ1) is 17.8. The average Bonchev–Trinajstić information content (AvgIpc) is 3.34. The summed E-state index contributed by atoms with van der Waals surface area (Å²) in [7, 11) is 0. The number of unbranched alkanes of at least 4 members (excludes halogenated alkanes) is 2. The van der Waals surface area contributed by atoms with E-state index in [0.717, 1.165) is 37.9 Å². The van der Waals surface area contributed by atoms with Gasteiger partial charge in [-0.3, -0.25) is 9.59 Å². The van der Waals surface area contributed by atoms with Gasteiger partial charge in [-0.1, -0.05) is 51.0 Å². The zero-order chi connectivity index (χ0) is 26.8. The maximum atomic E-state index is 13.7. The van der Waals surface area contributed by atoms with Crippen molar-refractivity contribution in [1.29, 1.82) is 0 Å². The standard InChI is InChI=1S/C31H40FN3O2/c1-5-7-10-19-34(31(37)26-15-17-28(32)18-16-26)23-30(36)35(25(4)6-2)22-29-14-11-20-33(29)21-27-13-9-8-12-24(27)3/h8-9,11-18,20,25H,5-7,10,19,21-23H2,1-4H3. The lowest BCUT2D eigenvalue weighted by atomic mass is 10.1. The van der Waals surface area contributed by atoms with Gasteiger partial charge in [-0.05, 0) is 74.2 Å². The Morgan fingerprint density at radius 1 is 0.973 bits per heavy atom. The van der Waals surface area contributed by atoms with Crippen LogP contribution in [0.5, 0.6) is 0 Å². The van der Waals surface area contributed by atoms with Crippen LogP contribution in [0, 0.1) is 12.7 Å². The molecule has 2 aromatic carbocycles. The number of amides is 2. The summed E-state index contributed by atoms with van der Waals surface area (Å²) in [4.78, 5) is 30.5. The van der Waals surface area contributed by atoms with Crippen molar-refractivity contribution in [3.05, 3.63) is 95.1 Å². The summed E-state index contributed by atoms with van der Waals surface area (Å²) >= 11 is 0. The quantitative estimate of drug-likeness (QED) is 0.251. The van der Waals surface area contributed by atoms with Crippen molar-refractivity contribution in [3.63, 3.8) is 0 Å². The molecule has 0 aliphatic rings. The molecule has 0 saturated carbocycles. The van der Waals surface area contributed by atoms with Crippen LogP contribution in [0.25, 0.3) is 0 Å². The molecule has 0 aliphatic heterocycles. The predicted octanol–water partition coefficient (Wildman–Crippen LogP) is 6.44. The molecule has 0 fully saturated rings. The molecule has 0 bridgehead atoms. The number of benzene rings is 2. The molecule has 5 nitrogen and oxygen atoms in total. The van der Waals surface area contributed by atoms with Gasteiger partial charge in [0.2, 0.25) is 5.91 Å². The maximum absolute atomic E-state index is 13.7. The Labute approximate surface area is 220 Å². The van der Waals surface area contributed by atoms with Gasteiger partial charge in [-0.25, -0.2) is 4.39 Å². The van der Waals surface area contributed by atoms with Gasteiger partial charge in [0, 0.05) is 36.6 Å². The Balaban J connectivity index is 1.79. The van der Waals surface area contributed by atoms with Crippen LogP contribution in [0.2, 0.25) is 0 Å². The molecule has 1 atom stereocenters. The molecule has 0 spiro atoms. The Morgan fingerprint density at radius 3 is 2.38 bits per heavy atom. The molecule has 0 N–H and O–H groups in total. The molecule has 37 heavy (non-hydrogen) atoms. The second-order valence-electron chi connectivity index (χ2n) is 9.77.